The summed E-state index contributed by atoms with van der Waals surface area (Å²) >= 11 is 5.25. The molecule has 0 bridgehead atoms. The van der Waals surface area contributed by atoms with E-state index in [-0.39, 0.29) is 6.42 Å². The number of benzene rings is 1. The molecule has 0 aliphatic rings. The Hall–Kier alpha value is -1.53. The van der Waals surface area contributed by atoms with E-state index in [1.165, 1.54) is 7.11 Å². The number of carbonyl (C=O) groups is 1. The van der Waals surface area contributed by atoms with Crippen LogP contribution in [0.15, 0.2) is 18.2 Å². The largest absolute Gasteiger partial charge is 0.497 e. The van der Waals surface area contributed by atoms with Gasteiger partial charge in [0.15, 0.2) is 0 Å². The maximum atomic E-state index is 10.7. The number of nitriles is 1. The Kier molecular flexibility index (Phi) is 3.49. The van der Waals surface area contributed by atoms with Crippen LogP contribution in [0.25, 0.3) is 0 Å². The number of methoxy groups -OCH3 is 1. The highest BCUT2D eigenvalue weighted by atomic mass is 35.5. The van der Waals surface area contributed by atoms with Gasteiger partial charge < -0.3 is 4.74 Å². The highest BCUT2D eigenvalue weighted by Crippen LogP contribution is 2.18. The van der Waals surface area contributed by atoms with Gasteiger partial charge in [-0.2, -0.15) is 5.26 Å². The molecule has 1 aromatic carbocycles. The van der Waals surface area contributed by atoms with Crippen LogP contribution in [0.3, 0.4) is 0 Å². The quantitative estimate of drug-likeness (QED) is 0.715. The number of carbonyl (C=O) groups excluding carboxylic acids is 1. The van der Waals surface area contributed by atoms with Gasteiger partial charge >= 0.3 is 0 Å². The third kappa shape index (κ3) is 2.48. The van der Waals surface area contributed by atoms with Crippen LogP contribution in [0.2, 0.25) is 0 Å². The second-order valence-corrected chi connectivity index (χ2v) is 3.09. The molecule has 14 heavy (non-hydrogen) atoms. The normalized spacial score (nSPS) is 9.21. The van der Waals surface area contributed by atoms with Crippen LogP contribution >= 0.6 is 11.6 Å². The number of rotatable bonds is 3. The van der Waals surface area contributed by atoms with E-state index >= 15 is 0 Å². The molecule has 0 saturated heterocycles. The molecule has 4 heteroatoms. The van der Waals surface area contributed by atoms with Crippen LogP contribution in [0.4, 0.5) is 0 Å². The average molecular weight is 210 g/mol. The van der Waals surface area contributed by atoms with Crippen LogP contribution in [0.1, 0.15) is 11.1 Å². The first kappa shape index (κ1) is 10.6. The lowest BCUT2D eigenvalue weighted by atomic mass is 10.1. The minimum absolute atomic E-state index is 0.0433. The molecule has 3 nitrogen and oxygen atoms in total. The SMILES string of the molecule is COc1ccc(C#N)c(CC(=O)Cl)c1. The fourth-order valence-electron chi connectivity index (χ4n) is 1.10. The van der Waals surface area contributed by atoms with Crippen LogP contribution in [0, 0.1) is 11.3 Å². The molecule has 0 aromatic heterocycles. The molecule has 0 aliphatic carbocycles. The van der Waals surface area contributed by atoms with Gasteiger partial charge in [-0.1, -0.05) is 0 Å². The fraction of sp³-hybridized carbons (Fsp3) is 0.200. The van der Waals surface area contributed by atoms with Gasteiger partial charge in [-0.05, 0) is 35.4 Å². The standard InChI is InChI=1S/C10H8ClNO2/c1-14-9-3-2-7(6-12)8(4-9)5-10(11)13/h2-4H,5H2,1H3. The molecule has 0 heterocycles. The maximum absolute atomic E-state index is 10.7. The lowest BCUT2D eigenvalue weighted by Crippen LogP contribution is -1.97. The summed E-state index contributed by atoms with van der Waals surface area (Å²) in [6, 6.07) is 6.90. The predicted molar refractivity (Wildman–Crippen MR) is 52.3 cm³/mol. The molecule has 72 valence electrons. The van der Waals surface area contributed by atoms with E-state index in [0.29, 0.717) is 16.9 Å². The molecule has 0 unspecified atom stereocenters. The van der Waals surface area contributed by atoms with Crippen molar-refractivity contribution < 1.29 is 9.53 Å². The molecule has 0 fully saturated rings. The lowest BCUT2D eigenvalue weighted by Gasteiger charge is -2.04. The number of nitrogens with zero attached hydrogens (tertiary/aromatic N) is 1. The first-order chi connectivity index (χ1) is 6.67. The van der Waals surface area contributed by atoms with Gasteiger partial charge in [0.25, 0.3) is 0 Å². The number of hydrogen-bond acceptors (Lipinski definition) is 3. The maximum Gasteiger partial charge on any atom is 0.226 e. The predicted octanol–water partition coefficient (Wildman–Crippen LogP) is 1.87. The highest BCUT2D eigenvalue weighted by molar-refractivity contribution is 6.63. The number of ether oxygens (including phenoxy) is 1. The lowest BCUT2D eigenvalue weighted by molar-refractivity contribution is -0.111. The van der Waals surface area contributed by atoms with Crippen LogP contribution in [-0.2, 0) is 11.2 Å². The zero-order valence-corrected chi connectivity index (χ0v) is 8.34. The summed E-state index contributed by atoms with van der Waals surface area (Å²) in [5, 5.41) is 8.26. The Morgan fingerprint density at radius 1 is 1.64 bits per heavy atom. The van der Waals surface area contributed by atoms with E-state index in [2.05, 4.69) is 0 Å². The van der Waals surface area contributed by atoms with Gasteiger partial charge in [0.2, 0.25) is 5.24 Å². The van der Waals surface area contributed by atoms with E-state index in [1.807, 2.05) is 6.07 Å². The van der Waals surface area contributed by atoms with Crippen molar-refractivity contribution in [2.75, 3.05) is 7.11 Å². The number of hydrogen-bond donors (Lipinski definition) is 0. The van der Waals surface area contributed by atoms with Gasteiger partial charge in [-0.3, -0.25) is 4.79 Å². The van der Waals surface area contributed by atoms with Gasteiger partial charge in [0.1, 0.15) is 5.75 Å². The van der Waals surface area contributed by atoms with Crippen molar-refractivity contribution in [3.05, 3.63) is 29.3 Å². The van der Waals surface area contributed by atoms with E-state index in [1.54, 1.807) is 18.2 Å². The van der Waals surface area contributed by atoms with Crippen LogP contribution < -0.4 is 4.74 Å². The van der Waals surface area contributed by atoms with Crippen molar-refractivity contribution in [1.82, 2.24) is 0 Å². The van der Waals surface area contributed by atoms with Crippen molar-refractivity contribution in [2.45, 2.75) is 6.42 Å². The summed E-state index contributed by atoms with van der Waals surface area (Å²) in [7, 11) is 1.52. The zero-order valence-electron chi connectivity index (χ0n) is 7.58. The summed E-state index contributed by atoms with van der Waals surface area (Å²) in [5.41, 5.74) is 1.03. The average Bonchev–Trinajstić information content (AvgIpc) is 2.16. The summed E-state index contributed by atoms with van der Waals surface area (Å²) in [5.74, 6) is 0.608. The number of halogens is 1. The Morgan fingerprint density at radius 2 is 2.36 bits per heavy atom. The molecule has 1 aromatic rings. The molecule has 0 aliphatic heterocycles. The van der Waals surface area contributed by atoms with Gasteiger partial charge in [-0.15, -0.1) is 0 Å². The second-order valence-electron chi connectivity index (χ2n) is 2.67. The Morgan fingerprint density at radius 3 is 2.86 bits per heavy atom. The van der Waals surface area contributed by atoms with E-state index < -0.39 is 5.24 Å². The molecule has 0 saturated carbocycles. The van der Waals surface area contributed by atoms with Crippen molar-refractivity contribution in [3.8, 4) is 11.8 Å². The third-order valence-corrected chi connectivity index (χ3v) is 1.90. The molecular weight excluding hydrogens is 202 g/mol. The molecule has 0 spiro atoms. The van der Waals surface area contributed by atoms with Gasteiger partial charge in [0.05, 0.1) is 18.7 Å². The summed E-state index contributed by atoms with van der Waals surface area (Å²) < 4.78 is 4.97. The summed E-state index contributed by atoms with van der Waals surface area (Å²) in [6.07, 6.45) is 0.0433. The van der Waals surface area contributed by atoms with Crippen molar-refractivity contribution in [3.63, 3.8) is 0 Å². The van der Waals surface area contributed by atoms with Crippen molar-refractivity contribution in [1.29, 1.82) is 5.26 Å². The Bertz CT molecular complexity index is 396. The van der Waals surface area contributed by atoms with Crippen molar-refractivity contribution >= 4 is 16.8 Å². The minimum Gasteiger partial charge on any atom is -0.497 e. The molecular formula is C10H8ClNO2. The van der Waals surface area contributed by atoms with Gasteiger partial charge in [-0.25, -0.2) is 0 Å². The Labute approximate surface area is 86.9 Å². The third-order valence-electron chi connectivity index (χ3n) is 1.76. The topological polar surface area (TPSA) is 50.1 Å². The second kappa shape index (κ2) is 4.64. The summed E-state index contributed by atoms with van der Waals surface area (Å²) in [6.45, 7) is 0. The molecule has 0 atom stereocenters. The van der Waals surface area contributed by atoms with Crippen LogP contribution in [-0.4, -0.2) is 12.4 Å². The summed E-state index contributed by atoms with van der Waals surface area (Å²) in [4.78, 5) is 10.7. The first-order valence-corrected chi connectivity index (χ1v) is 4.30. The fourth-order valence-corrected chi connectivity index (χ4v) is 1.25. The Balaban J connectivity index is 3.09. The zero-order chi connectivity index (χ0) is 10.6. The minimum atomic E-state index is -0.491. The molecule has 0 N–H and O–H groups in total. The van der Waals surface area contributed by atoms with E-state index in [9.17, 15) is 4.79 Å². The van der Waals surface area contributed by atoms with E-state index in [4.69, 9.17) is 21.6 Å². The smallest absolute Gasteiger partial charge is 0.226 e. The first-order valence-electron chi connectivity index (χ1n) is 3.92. The van der Waals surface area contributed by atoms with Crippen molar-refractivity contribution in [2.24, 2.45) is 0 Å². The molecule has 0 radical (unpaired) electrons. The molecule has 1 rings (SSSR count). The highest BCUT2D eigenvalue weighted by Gasteiger charge is 2.07. The van der Waals surface area contributed by atoms with E-state index in [0.717, 1.165) is 0 Å². The van der Waals surface area contributed by atoms with Crippen LogP contribution in [0.5, 0.6) is 5.75 Å². The van der Waals surface area contributed by atoms with Gasteiger partial charge in [0, 0.05) is 6.42 Å². The monoisotopic (exact) mass is 209 g/mol. The molecule has 0 amide bonds.